The van der Waals surface area contributed by atoms with E-state index in [2.05, 4.69) is 20.5 Å². The zero-order chi connectivity index (χ0) is 18.7. The molecule has 0 spiro atoms. The van der Waals surface area contributed by atoms with E-state index in [0.717, 1.165) is 5.69 Å². The van der Waals surface area contributed by atoms with Crippen molar-refractivity contribution in [2.75, 3.05) is 0 Å². The van der Waals surface area contributed by atoms with Crippen LogP contribution in [-0.2, 0) is 11.3 Å². The highest BCUT2D eigenvalue weighted by Gasteiger charge is 2.26. The minimum atomic E-state index is -0.656. The van der Waals surface area contributed by atoms with Crippen molar-refractivity contribution in [1.29, 1.82) is 0 Å². The van der Waals surface area contributed by atoms with Crippen LogP contribution in [0, 0.1) is 13.8 Å². The van der Waals surface area contributed by atoms with Crippen LogP contribution in [0.15, 0.2) is 43.0 Å². The van der Waals surface area contributed by atoms with Crippen molar-refractivity contribution in [1.82, 2.24) is 29.9 Å². The summed E-state index contributed by atoms with van der Waals surface area (Å²) < 4.78 is 3.27. The summed E-state index contributed by atoms with van der Waals surface area (Å²) in [5, 5.41) is 11.1. The van der Waals surface area contributed by atoms with Gasteiger partial charge in [0.05, 0.1) is 29.2 Å². The van der Waals surface area contributed by atoms with Crippen LogP contribution in [-0.4, -0.2) is 42.3 Å². The van der Waals surface area contributed by atoms with Gasteiger partial charge in [0.1, 0.15) is 12.7 Å². The average Bonchev–Trinajstić information content (AvgIpc) is 3.22. The van der Waals surface area contributed by atoms with E-state index in [9.17, 15) is 9.59 Å². The number of carbonyl (C=O) groups is 2. The molecular weight excluding hydrogens is 332 g/mol. The Hall–Kier alpha value is -3.29. The highest BCUT2D eigenvalue weighted by molar-refractivity contribution is 6.43. The summed E-state index contributed by atoms with van der Waals surface area (Å²) >= 11 is 0. The largest absolute Gasteiger partial charge is 0.345 e. The third-order valence-electron chi connectivity index (χ3n) is 4.03. The maximum Gasteiger partial charge on any atom is 0.292 e. The second kappa shape index (κ2) is 7.30. The van der Waals surface area contributed by atoms with Gasteiger partial charge >= 0.3 is 0 Å². The van der Waals surface area contributed by atoms with Crippen LogP contribution < -0.4 is 5.32 Å². The zero-order valence-electron chi connectivity index (χ0n) is 14.9. The smallest absolute Gasteiger partial charge is 0.292 e. The molecule has 0 radical (unpaired) electrons. The molecule has 0 saturated carbocycles. The Kier molecular flexibility index (Phi) is 4.92. The number of ketones is 1. The fourth-order valence-corrected chi connectivity index (χ4v) is 2.85. The Bertz CT molecular complexity index is 915. The number of hydrogen-bond donors (Lipinski definition) is 1. The fraction of sp³-hybridized carbons (Fsp3) is 0.278. The standard InChI is InChI=1S/C18H20N6O2/c1-12(9-23-11-19-10-20-23)21-18(26)17(25)16-13(2)22-24(14(16)3)15-7-5-4-6-8-15/h4-8,10-12H,9H2,1-3H3,(H,21,26). The van der Waals surface area contributed by atoms with E-state index in [4.69, 9.17) is 0 Å². The number of para-hydroxylation sites is 1. The molecule has 3 rings (SSSR count). The highest BCUT2D eigenvalue weighted by Crippen LogP contribution is 2.18. The van der Waals surface area contributed by atoms with Gasteiger partial charge in [-0.3, -0.25) is 14.3 Å². The van der Waals surface area contributed by atoms with Gasteiger partial charge in [-0.25, -0.2) is 9.67 Å². The molecule has 1 atom stereocenters. The molecule has 134 valence electrons. The van der Waals surface area contributed by atoms with Crippen molar-refractivity contribution < 1.29 is 9.59 Å². The molecule has 8 heteroatoms. The summed E-state index contributed by atoms with van der Waals surface area (Å²) in [6.07, 6.45) is 2.98. The third kappa shape index (κ3) is 3.53. The molecule has 1 aromatic carbocycles. The van der Waals surface area contributed by atoms with Gasteiger partial charge in [0.25, 0.3) is 11.7 Å². The van der Waals surface area contributed by atoms with Crippen LogP contribution in [0.1, 0.15) is 28.7 Å². The summed E-state index contributed by atoms with van der Waals surface area (Å²) in [7, 11) is 0. The van der Waals surface area contributed by atoms with Crippen LogP contribution in [0.25, 0.3) is 5.69 Å². The molecule has 2 aromatic heterocycles. The topological polar surface area (TPSA) is 94.7 Å². The van der Waals surface area contributed by atoms with E-state index in [-0.39, 0.29) is 6.04 Å². The van der Waals surface area contributed by atoms with Gasteiger partial charge in [-0.2, -0.15) is 10.2 Å². The molecule has 1 unspecified atom stereocenters. The molecule has 8 nitrogen and oxygen atoms in total. The number of nitrogens with zero attached hydrogens (tertiary/aromatic N) is 5. The van der Waals surface area contributed by atoms with Crippen LogP contribution in [0.3, 0.4) is 0 Å². The lowest BCUT2D eigenvalue weighted by Crippen LogP contribution is -2.40. The van der Waals surface area contributed by atoms with Gasteiger partial charge in [-0.1, -0.05) is 18.2 Å². The van der Waals surface area contributed by atoms with Gasteiger partial charge in [0, 0.05) is 6.04 Å². The monoisotopic (exact) mass is 352 g/mol. The quantitative estimate of drug-likeness (QED) is 0.535. The normalized spacial score (nSPS) is 12.0. The second-order valence-electron chi connectivity index (χ2n) is 6.11. The molecule has 0 aliphatic rings. The summed E-state index contributed by atoms with van der Waals surface area (Å²) in [5.74, 6) is -1.25. The maximum atomic E-state index is 12.7. The second-order valence-corrected chi connectivity index (χ2v) is 6.11. The summed E-state index contributed by atoms with van der Waals surface area (Å²) in [6.45, 7) is 5.75. The first-order chi connectivity index (χ1) is 12.5. The fourth-order valence-electron chi connectivity index (χ4n) is 2.85. The molecule has 1 N–H and O–H groups in total. The number of nitrogens with one attached hydrogen (secondary N) is 1. The molecule has 0 fully saturated rings. The Morgan fingerprint density at radius 1 is 1.19 bits per heavy atom. The Labute approximate surface area is 150 Å². The molecule has 3 aromatic rings. The molecule has 0 aliphatic carbocycles. The van der Waals surface area contributed by atoms with Crippen molar-refractivity contribution in [2.45, 2.75) is 33.4 Å². The Morgan fingerprint density at radius 2 is 1.92 bits per heavy atom. The van der Waals surface area contributed by atoms with Crippen LogP contribution in [0.4, 0.5) is 0 Å². The molecule has 1 amide bonds. The zero-order valence-corrected chi connectivity index (χ0v) is 14.9. The summed E-state index contributed by atoms with van der Waals surface area (Å²) in [5.41, 5.74) is 2.33. The van der Waals surface area contributed by atoms with Gasteiger partial charge in [0.2, 0.25) is 0 Å². The number of aryl methyl sites for hydroxylation is 1. The summed E-state index contributed by atoms with van der Waals surface area (Å²) in [4.78, 5) is 28.9. The van der Waals surface area contributed by atoms with Crippen molar-refractivity contribution in [3.63, 3.8) is 0 Å². The predicted molar refractivity (Wildman–Crippen MR) is 95.0 cm³/mol. The molecule has 0 bridgehead atoms. The van der Waals surface area contributed by atoms with E-state index in [0.29, 0.717) is 23.5 Å². The Balaban J connectivity index is 1.77. The molecule has 26 heavy (non-hydrogen) atoms. The van der Waals surface area contributed by atoms with Gasteiger partial charge in [-0.05, 0) is 32.9 Å². The Morgan fingerprint density at radius 3 is 2.58 bits per heavy atom. The van der Waals surface area contributed by atoms with Gasteiger partial charge < -0.3 is 5.32 Å². The number of Topliss-reactive ketones (excluding diaryl/α,β-unsaturated/α-hetero) is 1. The summed E-state index contributed by atoms with van der Waals surface area (Å²) in [6, 6.07) is 9.23. The minimum Gasteiger partial charge on any atom is -0.345 e. The lowest BCUT2D eigenvalue weighted by molar-refractivity contribution is -0.117. The van der Waals surface area contributed by atoms with Crippen molar-refractivity contribution in [3.8, 4) is 5.69 Å². The minimum absolute atomic E-state index is 0.266. The van der Waals surface area contributed by atoms with Gasteiger partial charge in [-0.15, -0.1) is 0 Å². The molecule has 0 aliphatic heterocycles. The van der Waals surface area contributed by atoms with Crippen molar-refractivity contribution >= 4 is 11.7 Å². The van der Waals surface area contributed by atoms with E-state index in [1.54, 1.807) is 36.5 Å². The van der Waals surface area contributed by atoms with Crippen LogP contribution >= 0.6 is 0 Å². The average molecular weight is 352 g/mol. The first-order valence-electron chi connectivity index (χ1n) is 8.26. The van der Waals surface area contributed by atoms with E-state index in [1.807, 2.05) is 30.3 Å². The maximum absolute atomic E-state index is 12.7. The number of rotatable bonds is 6. The molecule has 2 heterocycles. The molecule has 0 saturated heterocycles. The molecular formula is C18H20N6O2. The van der Waals surface area contributed by atoms with E-state index >= 15 is 0 Å². The number of amides is 1. The first-order valence-corrected chi connectivity index (χ1v) is 8.26. The first kappa shape index (κ1) is 17.5. The number of hydrogen-bond acceptors (Lipinski definition) is 5. The van der Waals surface area contributed by atoms with Crippen molar-refractivity contribution in [3.05, 3.63) is 59.9 Å². The number of benzene rings is 1. The van der Waals surface area contributed by atoms with Crippen LogP contribution in [0.5, 0.6) is 0 Å². The predicted octanol–water partition coefficient (Wildman–Crippen LogP) is 1.47. The van der Waals surface area contributed by atoms with Crippen LogP contribution in [0.2, 0.25) is 0 Å². The lowest BCUT2D eigenvalue weighted by atomic mass is 10.1. The van der Waals surface area contributed by atoms with Crippen molar-refractivity contribution in [2.24, 2.45) is 0 Å². The third-order valence-corrected chi connectivity index (χ3v) is 4.03. The lowest BCUT2D eigenvalue weighted by Gasteiger charge is -2.13. The van der Waals surface area contributed by atoms with Gasteiger partial charge in [0.15, 0.2) is 0 Å². The SMILES string of the molecule is Cc1nn(-c2ccccc2)c(C)c1C(=O)C(=O)NC(C)Cn1cncn1. The van der Waals surface area contributed by atoms with E-state index < -0.39 is 11.7 Å². The number of carbonyl (C=O) groups excluding carboxylic acids is 2. The highest BCUT2D eigenvalue weighted by atomic mass is 16.2. The van der Waals surface area contributed by atoms with E-state index in [1.165, 1.54) is 6.33 Å². The number of aromatic nitrogens is 5.